The lowest BCUT2D eigenvalue weighted by Crippen LogP contribution is -2.56. The zero-order valence-electron chi connectivity index (χ0n) is 12.5. The second-order valence-corrected chi connectivity index (χ2v) is 6.33. The fraction of sp³-hybridized carbons (Fsp3) is 0.933. The predicted molar refractivity (Wildman–Crippen MR) is 77.6 cm³/mol. The minimum Gasteiger partial charge on any atom is -0.375 e. The highest BCUT2D eigenvalue weighted by Gasteiger charge is 2.36. The molecule has 3 atom stereocenters. The van der Waals surface area contributed by atoms with E-state index < -0.39 is 0 Å². The van der Waals surface area contributed by atoms with E-state index in [1.54, 1.807) is 0 Å². The molecule has 3 aliphatic heterocycles. The monoisotopic (exact) mass is 281 g/mol. The van der Waals surface area contributed by atoms with Crippen LogP contribution in [0.4, 0.5) is 0 Å². The number of rotatable bonds is 2. The summed E-state index contributed by atoms with van der Waals surface area (Å²) < 4.78 is 5.59. The molecule has 0 aliphatic carbocycles. The van der Waals surface area contributed by atoms with Gasteiger partial charge in [-0.3, -0.25) is 9.69 Å². The number of piperidine rings is 1. The third kappa shape index (κ3) is 3.00. The van der Waals surface area contributed by atoms with Gasteiger partial charge in [-0.1, -0.05) is 6.42 Å². The molecule has 3 rings (SSSR count). The number of nitrogens with one attached hydrogen (secondary N) is 1. The summed E-state index contributed by atoms with van der Waals surface area (Å²) in [6.45, 7) is 7.73. The molecular weight excluding hydrogens is 254 g/mol. The minimum absolute atomic E-state index is 0.00899. The Labute approximate surface area is 121 Å². The van der Waals surface area contributed by atoms with Crippen molar-refractivity contribution < 1.29 is 9.53 Å². The normalized spacial score (nSPS) is 36.2. The molecule has 3 saturated heterocycles. The second-order valence-electron chi connectivity index (χ2n) is 6.33. The van der Waals surface area contributed by atoms with Crippen molar-refractivity contribution >= 4 is 5.91 Å². The van der Waals surface area contributed by atoms with E-state index in [0.29, 0.717) is 12.6 Å². The summed E-state index contributed by atoms with van der Waals surface area (Å²) in [6.07, 6.45) is 5.13. The highest BCUT2D eigenvalue weighted by Crippen LogP contribution is 2.21. The summed E-state index contributed by atoms with van der Waals surface area (Å²) in [5.41, 5.74) is 0. The number of morpholine rings is 1. The molecule has 1 unspecified atom stereocenters. The van der Waals surface area contributed by atoms with Crippen LogP contribution in [0.2, 0.25) is 0 Å². The number of nitrogens with zero attached hydrogens (tertiary/aromatic N) is 2. The third-order valence-electron chi connectivity index (χ3n) is 4.96. The summed E-state index contributed by atoms with van der Waals surface area (Å²) in [5, 5.41) is 3.31. The van der Waals surface area contributed by atoms with E-state index in [0.717, 1.165) is 26.1 Å². The average Bonchev–Trinajstić information content (AvgIpc) is 2.98. The van der Waals surface area contributed by atoms with E-state index >= 15 is 0 Å². The van der Waals surface area contributed by atoms with Gasteiger partial charge in [0.25, 0.3) is 0 Å². The van der Waals surface area contributed by atoms with Gasteiger partial charge >= 0.3 is 0 Å². The molecule has 0 radical (unpaired) electrons. The van der Waals surface area contributed by atoms with Gasteiger partial charge in [0, 0.05) is 25.7 Å². The minimum atomic E-state index is -0.149. The Hall–Kier alpha value is -0.650. The molecule has 5 heteroatoms. The summed E-state index contributed by atoms with van der Waals surface area (Å²) in [4.78, 5) is 17.2. The first kappa shape index (κ1) is 14.3. The van der Waals surface area contributed by atoms with Gasteiger partial charge in [-0.15, -0.1) is 0 Å². The van der Waals surface area contributed by atoms with Crippen LogP contribution < -0.4 is 5.32 Å². The van der Waals surface area contributed by atoms with E-state index in [9.17, 15) is 4.79 Å². The van der Waals surface area contributed by atoms with E-state index in [4.69, 9.17) is 4.74 Å². The number of carbonyl (C=O) groups excluding carboxylic acids is 1. The lowest BCUT2D eigenvalue weighted by atomic mass is 10.1. The van der Waals surface area contributed by atoms with Crippen molar-refractivity contribution in [3.8, 4) is 0 Å². The Bertz CT molecular complexity index is 344. The van der Waals surface area contributed by atoms with Gasteiger partial charge in [0.1, 0.15) is 6.04 Å². The molecule has 0 spiro atoms. The second kappa shape index (κ2) is 6.41. The first-order chi connectivity index (χ1) is 9.75. The van der Waals surface area contributed by atoms with Crippen LogP contribution in [0.25, 0.3) is 0 Å². The lowest BCUT2D eigenvalue weighted by molar-refractivity contribution is -0.138. The van der Waals surface area contributed by atoms with Crippen LogP contribution in [-0.2, 0) is 9.53 Å². The summed E-state index contributed by atoms with van der Waals surface area (Å²) in [6, 6.07) is 0.433. The highest BCUT2D eigenvalue weighted by molar-refractivity contribution is 5.83. The molecular formula is C15H27N3O2. The van der Waals surface area contributed by atoms with Crippen LogP contribution >= 0.6 is 0 Å². The van der Waals surface area contributed by atoms with Gasteiger partial charge in [-0.2, -0.15) is 0 Å². The van der Waals surface area contributed by atoms with E-state index in [1.165, 1.54) is 32.4 Å². The van der Waals surface area contributed by atoms with Crippen molar-refractivity contribution in [3.63, 3.8) is 0 Å². The smallest absolute Gasteiger partial charge is 0.242 e. The predicted octanol–water partition coefficient (Wildman–Crippen LogP) is 0.450. The maximum atomic E-state index is 12.6. The van der Waals surface area contributed by atoms with Crippen molar-refractivity contribution in [3.05, 3.63) is 0 Å². The van der Waals surface area contributed by atoms with Crippen LogP contribution in [0.3, 0.4) is 0 Å². The van der Waals surface area contributed by atoms with Gasteiger partial charge in [-0.25, -0.2) is 0 Å². The van der Waals surface area contributed by atoms with Crippen molar-refractivity contribution in [1.82, 2.24) is 15.1 Å². The number of hydrogen-bond donors (Lipinski definition) is 1. The fourth-order valence-corrected chi connectivity index (χ4v) is 3.73. The molecule has 1 amide bonds. The molecule has 3 fully saturated rings. The van der Waals surface area contributed by atoms with Crippen LogP contribution in [0.5, 0.6) is 0 Å². The van der Waals surface area contributed by atoms with Crippen molar-refractivity contribution in [1.29, 1.82) is 0 Å². The zero-order chi connectivity index (χ0) is 13.9. The summed E-state index contributed by atoms with van der Waals surface area (Å²) >= 11 is 0. The third-order valence-corrected chi connectivity index (χ3v) is 4.96. The lowest BCUT2D eigenvalue weighted by Gasteiger charge is -2.34. The van der Waals surface area contributed by atoms with Gasteiger partial charge in [-0.05, 0) is 39.3 Å². The molecule has 5 nitrogen and oxygen atoms in total. The molecule has 0 aromatic carbocycles. The Morgan fingerprint density at radius 3 is 2.75 bits per heavy atom. The number of ether oxygens (including phenoxy) is 1. The standard InChI is InChI=1S/C15H27N3O2/c1-12-14(16-6-10-20-12)15(19)18-9-5-13(11-18)17-7-3-2-4-8-17/h12-14,16H,2-11H2,1H3/t12-,13?,14+/m1/s1. The number of carbonyl (C=O) groups is 1. The van der Waals surface area contributed by atoms with Gasteiger partial charge in [0.2, 0.25) is 5.91 Å². The first-order valence-corrected chi connectivity index (χ1v) is 8.13. The van der Waals surface area contributed by atoms with Crippen LogP contribution in [0.15, 0.2) is 0 Å². The van der Waals surface area contributed by atoms with Crippen LogP contribution in [0, 0.1) is 0 Å². The molecule has 3 heterocycles. The summed E-state index contributed by atoms with van der Waals surface area (Å²) in [7, 11) is 0. The molecule has 20 heavy (non-hydrogen) atoms. The first-order valence-electron chi connectivity index (χ1n) is 8.13. The SMILES string of the molecule is C[C@H]1OCCN[C@@H]1C(=O)N1CCC(N2CCCCC2)C1. The maximum Gasteiger partial charge on any atom is 0.242 e. The zero-order valence-corrected chi connectivity index (χ0v) is 12.5. The van der Waals surface area contributed by atoms with Crippen molar-refractivity contribution in [2.45, 2.75) is 50.8 Å². The molecule has 0 bridgehead atoms. The number of amides is 1. The molecule has 0 aromatic rings. The van der Waals surface area contributed by atoms with Crippen LogP contribution in [-0.4, -0.2) is 73.2 Å². The fourth-order valence-electron chi connectivity index (χ4n) is 3.73. The quantitative estimate of drug-likeness (QED) is 0.798. The Kier molecular flexibility index (Phi) is 4.58. The highest BCUT2D eigenvalue weighted by atomic mass is 16.5. The average molecular weight is 281 g/mol. The topological polar surface area (TPSA) is 44.8 Å². The Balaban J connectivity index is 1.54. The molecule has 0 aromatic heterocycles. The van der Waals surface area contributed by atoms with Gasteiger partial charge in [0.15, 0.2) is 0 Å². The Morgan fingerprint density at radius 2 is 2.00 bits per heavy atom. The largest absolute Gasteiger partial charge is 0.375 e. The molecule has 1 N–H and O–H groups in total. The van der Waals surface area contributed by atoms with E-state index in [-0.39, 0.29) is 18.1 Å². The number of likely N-dealkylation sites (tertiary alicyclic amines) is 2. The summed E-state index contributed by atoms with van der Waals surface area (Å²) in [5.74, 6) is 0.233. The van der Waals surface area contributed by atoms with E-state index in [2.05, 4.69) is 10.2 Å². The van der Waals surface area contributed by atoms with Gasteiger partial charge in [0.05, 0.1) is 12.7 Å². The van der Waals surface area contributed by atoms with E-state index in [1.807, 2.05) is 11.8 Å². The molecule has 114 valence electrons. The molecule has 0 saturated carbocycles. The van der Waals surface area contributed by atoms with Crippen molar-refractivity contribution in [2.75, 3.05) is 39.3 Å². The van der Waals surface area contributed by atoms with Crippen LogP contribution in [0.1, 0.15) is 32.6 Å². The Morgan fingerprint density at radius 1 is 1.20 bits per heavy atom. The number of hydrogen-bond acceptors (Lipinski definition) is 4. The van der Waals surface area contributed by atoms with Crippen molar-refractivity contribution in [2.24, 2.45) is 0 Å². The maximum absolute atomic E-state index is 12.6. The molecule has 3 aliphatic rings. The van der Waals surface area contributed by atoms with Gasteiger partial charge < -0.3 is 15.0 Å².